The van der Waals surface area contributed by atoms with Crippen LogP contribution in [0, 0.1) is 5.92 Å². The van der Waals surface area contributed by atoms with Crippen LogP contribution < -0.4 is 11.4 Å². The van der Waals surface area contributed by atoms with Crippen LogP contribution in [-0.2, 0) is 11.3 Å². The number of nitrogens with two attached hydrogens (primary N) is 1. The zero-order chi connectivity index (χ0) is 17.7. The number of allylic oxidation sites excluding steroid dienone is 3. The molecular weight excluding hydrogens is 314 g/mol. The number of aromatic amines is 1. The number of aromatic nitrogens is 2. The number of rotatable bonds is 3. The van der Waals surface area contributed by atoms with Crippen LogP contribution in [0.25, 0.3) is 16.6 Å². The SMILES string of the molecule is CC1=CCC(C)OC(C)=C1c1cc(N)c2[nH]c(=O)n(CC3CC3)c2c1. The van der Waals surface area contributed by atoms with Gasteiger partial charge in [-0.2, -0.15) is 0 Å². The average molecular weight is 339 g/mol. The molecule has 5 heteroatoms. The standard InChI is InChI=1S/C20H25N3O2/c1-11-4-5-12(2)25-13(3)18(11)15-8-16(21)19-17(9-15)23(20(24)22-19)10-14-6-7-14/h4,8-9,12,14H,5-7,10,21H2,1-3H3,(H,22,24). The van der Waals surface area contributed by atoms with E-state index >= 15 is 0 Å². The second kappa shape index (κ2) is 5.83. The second-order valence-electron chi connectivity index (χ2n) is 7.43. The summed E-state index contributed by atoms with van der Waals surface area (Å²) in [5, 5.41) is 0. The first-order valence-electron chi connectivity index (χ1n) is 9.01. The van der Waals surface area contributed by atoms with Gasteiger partial charge in [0.1, 0.15) is 5.76 Å². The van der Waals surface area contributed by atoms with Gasteiger partial charge in [-0.15, -0.1) is 0 Å². The molecule has 1 aromatic carbocycles. The molecular formula is C20H25N3O2. The summed E-state index contributed by atoms with van der Waals surface area (Å²) in [4.78, 5) is 15.3. The summed E-state index contributed by atoms with van der Waals surface area (Å²) >= 11 is 0. The van der Waals surface area contributed by atoms with E-state index in [1.807, 2.05) is 17.6 Å². The number of imidazole rings is 1. The van der Waals surface area contributed by atoms with Crippen molar-refractivity contribution in [2.75, 3.05) is 5.73 Å². The third-order valence-corrected chi connectivity index (χ3v) is 5.22. The highest BCUT2D eigenvalue weighted by atomic mass is 16.5. The summed E-state index contributed by atoms with van der Waals surface area (Å²) < 4.78 is 7.86. The van der Waals surface area contributed by atoms with E-state index < -0.39 is 0 Å². The fraction of sp³-hybridized carbons (Fsp3) is 0.450. The summed E-state index contributed by atoms with van der Waals surface area (Å²) in [7, 11) is 0. The minimum Gasteiger partial charge on any atom is -0.494 e. The van der Waals surface area contributed by atoms with Gasteiger partial charge in [-0.05, 0) is 62.8 Å². The zero-order valence-corrected chi connectivity index (χ0v) is 15.1. The van der Waals surface area contributed by atoms with Crippen molar-refractivity contribution in [2.45, 2.75) is 52.7 Å². The Morgan fingerprint density at radius 2 is 2.08 bits per heavy atom. The number of fused-ring (bicyclic) bond motifs is 1. The van der Waals surface area contributed by atoms with Crippen LogP contribution in [0.4, 0.5) is 5.69 Å². The summed E-state index contributed by atoms with van der Waals surface area (Å²) in [6.45, 7) is 6.95. The molecule has 1 aliphatic carbocycles. The minimum atomic E-state index is -0.0746. The van der Waals surface area contributed by atoms with E-state index in [0.717, 1.165) is 40.9 Å². The zero-order valence-electron chi connectivity index (χ0n) is 15.1. The lowest BCUT2D eigenvalue weighted by Gasteiger charge is -2.15. The molecule has 0 spiro atoms. The van der Waals surface area contributed by atoms with E-state index in [9.17, 15) is 4.79 Å². The molecule has 2 aliphatic rings. The lowest BCUT2D eigenvalue weighted by Crippen LogP contribution is -2.17. The van der Waals surface area contributed by atoms with Gasteiger partial charge in [0, 0.05) is 18.5 Å². The van der Waals surface area contributed by atoms with Gasteiger partial charge in [0.15, 0.2) is 0 Å². The molecule has 3 N–H and O–H groups in total. The summed E-state index contributed by atoms with van der Waals surface area (Å²) in [6.07, 6.45) is 5.67. The van der Waals surface area contributed by atoms with E-state index in [4.69, 9.17) is 10.5 Å². The van der Waals surface area contributed by atoms with Crippen LogP contribution >= 0.6 is 0 Å². The molecule has 2 aromatic rings. The predicted octanol–water partition coefficient (Wildman–Crippen LogP) is 3.81. The summed E-state index contributed by atoms with van der Waals surface area (Å²) in [5.74, 6) is 1.52. The molecule has 1 unspecified atom stereocenters. The molecule has 1 atom stereocenters. The summed E-state index contributed by atoms with van der Waals surface area (Å²) in [5.41, 5.74) is 11.7. The number of H-pyrrole nitrogens is 1. The number of hydrogen-bond donors (Lipinski definition) is 2. The highest BCUT2D eigenvalue weighted by molar-refractivity contribution is 5.93. The van der Waals surface area contributed by atoms with Crippen molar-refractivity contribution >= 4 is 22.3 Å². The number of nitrogen functional groups attached to an aromatic ring is 1. The molecule has 5 nitrogen and oxygen atoms in total. The molecule has 1 aliphatic heterocycles. The smallest absolute Gasteiger partial charge is 0.326 e. The molecule has 0 saturated heterocycles. The molecule has 0 bridgehead atoms. The number of nitrogens with one attached hydrogen (secondary N) is 1. The van der Waals surface area contributed by atoms with Crippen LogP contribution in [0.3, 0.4) is 0 Å². The Morgan fingerprint density at radius 1 is 1.32 bits per heavy atom. The number of ether oxygens (including phenoxy) is 1. The molecule has 1 fully saturated rings. The van der Waals surface area contributed by atoms with E-state index in [1.165, 1.54) is 18.4 Å². The van der Waals surface area contributed by atoms with Crippen LogP contribution in [0.1, 0.15) is 45.6 Å². The van der Waals surface area contributed by atoms with Crippen molar-refractivity contribution in [1.82, 2.24) is 9.55 Å². The maximum atomic E-state index is 12.4. The van der Waals surface area contributed by atoms with E-state index in [1.54, 1.807) is 0 Å². The van der Waals surface area contributed by atoms with Crippen molar-refractivity contribution in [3.63, 3.8) is 0 Å². The number of anilines is 1. The fourth-order valence-corrected chi connectivity index (χ4v) is 3.73. The first-order valence-corrected chi connectivity index (χ1v) is 9.01. The average Bonchev–Trinajstić information content (AvgIpc) is 3.32. The Morgan fingerprint density at radius 3 is 2.80 bits per heavy atom. The maximum Gasteiger partial charge on any atom is 0.326 e. The lowest BCUT2D eigenvalue weighted by molar-refractivity contribution is 0.139. The van der Waals surface area contributed by atoms with E-state index in [-0.39, 0.29) is 11.8 Å². The van der Waals surface area contributed by atoms with Crippen LogP contribution in [-0.4, -0.2) is 15.7 Å². The van der Waals surface area contributed by atoms with Gasteiger partial charge in [-0.1, -0.05) is 6.08 Å². The topological polar surface area (TPSA) is 73.0 Å². The highest BCUT2D eigenvalue weighted by Crippen LogP contribution is 2.35. The highest BCUT2D eigenvalue weighted by Gasteiger charge is 2.24. The van der Waals surface area contributed by atoms with Crippen molar-refractivity contribution in [1.29, 1.82) is 0 Å². The van der Waals surface area contributed by atoms with Crippen molar-refractivity contribution < 1.29 is 4.74 Å². The Kier molecular flexibility index (Phi) is 3.74. The lowest BCUT2D eigenvalue weighted by atomic mass is 9.96. The van der Waals surface area contributed by atoms with Gasteiger partial charge in [0.25, 0.3) is 0 Å². The summed E-state index contributed by atoms with van der Waals surface area (Å²) in [6, 6.07) is 4.01. The molecule has 0 radical (unpaired) electrons. The molecule has 1 saturated carbocycles. The van der Waals surface area contributed by atoms with Crippen molar-refractivity contribution in [2.24, 2.45) is 5.92 Å². The van der Waals surface area contributed by atoms with Crippen LogP contribution in [0.15, 0.2) is 34.3 Å². The fourth-order valence-electron chi connectivity index (χ4n) is 3.73. The van der Waals surface area contributed by atoms with Gasteiger partial charge in [-0.25, -0.2) is 4.79 Å². The Bertz CT molecular complexity index is 957. The van der Waals surface area contributed by atoms with E-state index in [2.05, 4.69) is 31.0 Å². The number of nitrogens with zero attached hydrogens (tertiary/aromatic N) is 1. The third-order valence-electron chi connectivity index (χ3n) is 5.22. The van der Waals surface area contributed by atoms with Crippen LogP contribution in [0.2, 0.25) is 0 Å². The second-order valence-corrected chi connectivity index (χ2v) is 7.43. The Hall–Kier alpha value is -2.43. The van der Waals surface area contributed by atoms with Gasteiger partial charge in [0.05, 0.1) is 22.8 Å². The van der Waals surface area contributed by atoms with Crippen molar-refractivity contribution in [3.8, 4) is 0 Å². The molecule has 132 valence electrons. The third kappa shape index (κ3) is 2.88. The molecule has 25 heavy (non-hydrogen) atoms. The van der Waals surface area contributed by atoms with Gasteiger partial charge in [-0.3, -0.25) is 4.57 Å². The first-order chi connectivity index (χ1) is 11.9. The normalized spacial score (nSPS) is 21.2. The Balaban J connectivity index is 1.90. The number of hydrogen-bond acceptors (Lipinski definition) is 3. The Labute approximate surface area is 147 Å². The molecule has 2 heterocycles. The van der Waals surface area contributed by atoms with Gasteiger partial charge < -0.3 is 15.5 Å². The van der Waals surface area contributed by atoms with Gasteiger partial charge >= 0.3 is 5.69 Å². The monoisotopic (exact) mass is 339 g/mol. The molecule has 0 amide bonds. The largest absolute Gasteiger partial charge is 0.494 e. The molecule has 1 aromatic heterocycles. The first kappa shape index (κ1) is 16.1. The number of benzene rings is 1. The maximum absolute atomic E-state index is 12.4. The predicted molar refractivity (Wildman–Crippen MR) is 101 cm³/mol. The van der Waals surface area contributed by atoms with E-state index in [0.29, 0.717) is 11.6 Å². The van der Waals surface area contributed by atoms with Gasteiger partial charge in [0.2, 0.25) is 0 Å². The van der Waals surface area contributed by atoms with Crippen molar-refractivity contribution in [3.05, 3.63) is 45.6 Å². The molecule has 4 rings (SSSR count). The minimum absolute atomic E-state index is 0.0746. The van der Waals surface area contributed by atoms with Crippen LogP contribution in [0.5, 0.6) is 0 Å². The quantitative estimate of drug-likeness (QED) is 0.835.